The van der Waals surface area contributed by atoms with Crippen molar-refractivity contribution in [3.8, 4) is 0 Å². The van der Waals surface area contributed by atoms with Crippen molar-refractivity contribution < 1.29 is 23.6 Å². The van der Waals surface area contributed by atoms with E-state index in [0.29, 0.717) is 0 Å². The second-order valence-electron chi connectivity index (χ2n) is 4.64. The van der Waals surface area contributed by atoms with Gasteiger partial charge in [0.2, 0.25) is 0 Å². The van der Waals surface area contributed by atoms with Gasteiger partial charge >= 0.3 is 0 Å². The number of rotatable bonds is 5. The Morgan fingerprint density at radius 3 is 2.39 bits per heavy atom. The quantitative estimate of drug-likeness (QED) is 0.653. The molecule has 0 aliphatic heterocycles. The topological polar surface area (TPSA) is 92.5 Å². The van der Waals surface area contributed by atoms with Gasteiger partial charge in [-0.05, 0) is 18.2 Å². The first kappa shape index (κ1) is 16.5. The Balaban J connectivity index is 2.12. The average molecular weight is 322 g/mol. The van der Waals surface area contributed by atoms with Gasteiger partial charge in [-0.25, -0.2) is 8.78 Å². The number of nitrogens with one attached hydrogen (secondary N) is 1. The highest BCUT2D eigenvalue weighted by atomic mass is 19.1. The van der Waals surface area contributed by atoms with Crippen LogP contribution in [-0.4, -0.2) is 22.5 Å². The molecule has 6 nitrogen and oxygen atoms in total. The summed E-state index contributed by atoms with van der Waals surface area (Å²) in [5.74, 6) is -2.72. The van der Waals surface area contributed by atoms with Crippen LogP contribution in [0.2, 0.25) is 0 Å². The Bertz CT molecular complexity index is 732. The summed E-state index contributed by atoms with van der Waals surface area (Å²) in [6, 6.07) is 8.34. The highest BCUT2D eigenvalue weighted by molar-refractivity contribution is 5.98. The molecule has 0 saturated carbocycles. The van der Waals surface area contributed by atoms with Crippen LogP contribution >= 0.6 is 0 Å². The maximum Gasteiger partial charge on any atom is 0.282 e. The zero-order chi connectivity index (χ0) is 17.0. The van der Waals surface area contributed by atoms with E-state index in [9.17, 15) is 28.8 Å². The minimum Gasteiger partial charge on any atom is -0.386 e. The van der Waals surface area contributed by atoms with Crippen molar-refractivity contribution in [1.82, 2.24) is 5.32 Å². The van der Waals surface area contributed by atoms with Crippen molar-refractivity contribution in [2.75, 3.05) is 6.54 Å². The van der Waals surface area contributed by atoms with Crippen LogP contribution < -0.4 is 5.32 Å². The predicted molar refractivity (Wildman–Crippen MR) is 76.7 cm³/mol. The van der Waals surface area contributed by atoms with Crippen molar-refractivity contribution in [2.24, 2.45) is 0 Å². The molecule has 0 bridgehead atoms. The smallest absolute Gasteiger partial charge is 0.282 e. The normalized spacial score (nSPS) is 11.8. The fourth-order valence-corrected chi connectivity index (χ4v) is 2.04. The molecule has 0 radical (unpaired) electrons. The second-order valence-corrected chi connectivity index (χ2v) is 4.64. The number of hydrogen-bond donors (Lipinski definition) is 2. The Morgan fingerprint density at radius 2 is 1.78 bits per heavy atom. The third-order valence-electron chi connectivity index (χ3n) is 3.13. The first-order valence-electron chi connectivity index (χ1n) is 6.55. The molecule has 120 valence electrons. The van der Waals surface area contributed by atoms with Crippen LogP contribution in [0, 0.1) is 21.7 Å². The molecule has 1 atom stereocenters. The van der Waals surface area contributed by atoms with Crippen LogP contribution in [0.5, 0.6) is 0 Å². The van der Waals surface area contributed by atoms with E-state index in [-0.39, 0.29) is 5.56 Å². The number of aliphatic hydroxyl groups excluding tert-OH is 1. The predicted octanol–water partition coefficient (Wildman–Crippen LogP) is 2.34. The lowest BCUT2D eigenvalue weighted by Gasteiger charge is -2.14. The molecule has 8 heteroatoms. The summed E-state index contributed by atoms with van der Waals surface area (Å²) in [5.41, 5.74) is -1.19. The molecule has 0 aliphatic rings. The fraction of sp³-hybridized carbons (Fsp3) is 0.133. The molecule has 2 N–H and O–H groups in total. The zero-order valence-corrected chi connectivity index (χ0v) is 11.7. The molecule has 23 heavy (non-hydrogen) atoms. The van der Waals surface area contributed by atoms with Gasteiger partial charge < -0.3 is 10.4 Å². The summed E-state index contributed by atoms with van der Waals surface area (Å²) in [7, 11) is 0. The molecule has 0 spiro atoms. The Kier molecular flexibility index (Phi) is 4.97. The van der Waals surface area contributed by atoms with Crippen molar-refractivity contribution in [1.29, 1.82) is 0 Å². The number of halogens is 2. The van der Waals surface area contributed by atoms with E-state index in [2.05, 4.69) is 5.32 Å². The van der Waals surface area contributed by atoms with E-state index < -0.39 is 46.4 Å². The average Bonchev–Trinajstić information content (AvgIpc) is 2.52. The van der Waals surface area contributed by atoms with Crippen molar-refractivity contribution >= 4 is 11.6 Å². The van der Waals surface area contributed by atoms with Gasteiger partial charge in [0.1, 0.15) is 23.3 Å². The van der Waals surface area contributed by atoms with Crippen LogP contribution in [0.25, 0.3) is 0 Å². The lowest BCUT2D eigenvalue weighted by molar-refractivity contribution is -0.385. The molecular weight excluding hydrogens is 310 g/mol. The summed E-state index contributed by atoms with van der Waals surface area (Å²) >= 11 is 0. The molecule has 0 saturated heterocycles. The molecular formula is C15H12F2N2O4. The fourth-order valence-electron chi connectivity index (χ4n) is 2.04. The Morgan fingerprint density at radius 1 is 1.17 bits per heavy atom. The summed E-state index contributed by atoms with van der Waals surface area (Å²) in [5, 5.41) is 22.9. The van der Waals surface area contributed by atoms with E-state index in [0.717, 1.165) is 24.3 Å². The third-order valence-corrected chi connectivity index (χ3v) is 3.13. The highest BCUT2D eigenvalue weighted by Gasteiger charge is 2.22. The summed E-state index contributed by atoms with van der Waals surface area (Å²) < 4.78 is 27.0. The lowest BCUT2D eigenvalue weighted by Crippen LogP contribution is -2.29. The standard InChI is InChI=1S/C15H12F2N2O4/c16-10-5-3-6-11(17)14(10)13(20)8-18-15(21)9-4-1-2-7-12(9)19(22)23/h1-7,13,20H,8H2,(H,18,21). The van der Waals surface area contributed by atoms with Crippen LogP contribution in [0.15, 0.2) is 42.5 Å². The van der Waals surface area contributed by atoms with Crippen molar-refractivity contribution in [2.45, 2.75) is 6.10 Å². The van der Waals surface area contributed by atoms with E-state index in [1.165, 1.54) is 18.2 Å². The Labute approximate surface area is 129 Å². The largest absolute Gasteiger partial charge is 0.386 e. The van der Waals surface area contributed by atoms with Crippen LogP contribution in [0.1, 0.15) is 22.0 Å². The maximum atomic E-state index is 13.5. The van der Waals surface area contributed by atoms with Gasteiger partial charge in [-0.15, -0.1) is 0 Å². The second kappa shape index (κ2) is 6.93. The maximum absolute atomic E-state index is 13.5. The third kappa shape index (κ3) is 3.67. The summed E-state index contributed by atoms with van der Waals surface area (Å²) in [6.45, 7) is -0.497. The number of carbonyl (C=O) groups is 1. The van der Waals surface area contributed by atoms with Gasteiger partial charge in [-0.2, -0.15) is 0 Å². The number of benzene rings is 2. The molecule has 2 aromatic rings. The van der Waals surface area contributed by atoms with Crippen molar-refractivity contribution in [3.05, 3.63) is 75.3 Å². The molecule has 1 amide bonds. The molecule has 2 rings (SSSR count). The molecule has 0 aliphatic carbocycles. The van der Waals surface area contributed by atoms with Crippen LogP contribution in [0.4, 0.5) is 14.5 Å². The molecule has 0 heterocycles. The minimum atomic E-state index is -1.62. The number of nitro benzene ring substituents is 1. The number of nitro groups is 1. The minimum absolute atomic E-state index is 0.210. The summed E-state index contributed by atoms with van der Waals surface area (Å²) in [6.07, 6.45) is -1.62. The number of aliphatic hydroxyl groups is 1. The van der Waals surface area contributed by atoms with Gasteiger partial charge in [0.25, 0.3) is 11.6 Å². The number of carbonyl (C=O) groups excluding carboxylic acids is 1. The molecule has 2 aromatic carbocycles. The number of nitrogens with zero attached hydrogens (tertiary/aromatic N) is 1. The molecule has 1 unspecified atom stereocenters. The van der Waals surface area contributed by atoms with Gasteiger partial charge in [0.15, 0.2) is 0 Å². The lowest BCUT2D eigenvalue weighted by atomic mass is 10.1. The number of amides is 1. The van der Waals surface area contributed by atoms with E-state index in [1.807, 2.05) is 0 Å². The monoisotopic (exact) mass is 322 g/mol. The van der Waals surface area contributed by atoms with Crippen LogP contribution in [-0.2, 0) is 0 Å². The first-order valence-corrected chi connectivity index (χ1v) is 6.55. The zero-order valence-electron chi connectivity index (χ0n) is 11.7. The number of hydrogen-bond acceptors (Lipinski definition) is 4. The van der Waals surface area contributed by atoms with Crippen molar-refractivity contribution in [3.63, 3.8) is 0 Å². The molecule has 0 aromatic heterocycles. The van der Waals surface area contributed by atoms with Gasteiger partial charge in [0, 0.05) is 12.6 Å². The van der Waals surface area contributed by atoms with E-state index >= 15 is 0 Å². The van der Waals surface area contributed by atoms with Gasteiger partial charge in [-0.1, -0.05) is 18.2 Å². The Hall–Kier alpha value is -2.87. The van der Waals surface area contributed by atoms with Crippen LogP contribution in [0.3, 0.4) is 0 Å². The summed E-state index contributed by atoms with van der Waals surface area (Å²) in [4.78, 5) is 22.1. The first-order chi connectivity index (χ1) is 10.9. The van der Waals surface area contributed by atoms with E-state index in [1.54, 1.807) is 0 Å². The molecule has 0 fully saturated rings. The highest BCUT2D eigenvalue weighted by Crippen LogP contribution is 2.21. The number of para-hydroxylation sites is 1. The SMILES string of the molecule is O=C(NCC(O)c1c(F)cccc1F)c1ccccc1[N+](=O)[O-]. The van der Waals surface area contributed by atoms with E-state index in [4.69, 9.17) is 0 Å². The van der Waals surface area contributed by atoms with Gasteiger partial charge in [0.05, 0.1) is 10.5 Å². The van der Waals surface area contributed by atoms with Gasteiger partial charge in [-0.3, -0.25) is 14.9 Å².